The highest BCUT2D eigenvalue weighted by Gasteiger charge is 2.29. The zero-order chi connectivity index (χ0) is 20.8. The molecule has 0 aliphatic carbocycles. The van der Waals surface area contributed by atoms with Gasteiger partial charge in [0.25, 0.3) is 0 Å². The number of guanidine groups is 1. The van der Waals surface area contributed by atoms with Crippen LogP contribution < -0.4 is 16.0 Å². The van der Waals surface area contributed by atoms with Crippen molar-refractivity contribution in [3.05, 3.63) is 65.7 Å². The molecule has 4 rings (SSSR count). The maximum atomic E-state index is 12.1. The number of para-hydroxylation sites is 1. The first-order valence-electron chi connectivity index (χ1n) is 10.8. The zero-order valence-electron chi connectivity index (χ0n) is 17.8. The second-order valence-electron chi connectivity index (χ2n) is 7.89. The number of fused-ring (bicyclic) bond motifs is 1. The Balaban J connectivity index is 0.00000272. The van der Waals surface area contributed by atoms with E-state index in [-0.39, 0.29) is 41.9 Å². The van der Waals surface area contributed by atoms with Crippen LogP contribution in [-0.4, -0.2) is 38.1 Å². The predicted octanol–water partition coefficient (Wildman–Crippen LogP) is 4.06. The second-order valence-corrected chi connectivity index (χ2v) is 7.89. The van der Waals surface area contributed by atoms with Crippen LogP contribution in [0.3, 0.4) is 0 Å². The largest absolute Gasteiger partial charge is 0.373 e. The lowest BCUT2D eigenvalue weighted by atomic mass is 9.90. The highest BCUT2D eigenvalue weighted by Crippen LogP contribution is 2.34. The normalized spacial score (nSPS) is 22.8. The number of nitrogens with zero attached hydrogens (tertiary/aromatic N) is 1. The van der Waals surface area contributed by atoms with Crippen LogP contribution in [0.25, 0.3) is 0 Å². The predicted molar refractivity (Wildman–Crippen MR) is 135 cm³/mol. The number of hydrogen-bond acceptors (Lipinski definition) is 3. The summed E-state index contributed by atoms with van der Waals surface area (Å²) in [4.78, 5) is 16.9. The highest BCUT2D eigenvalue weighted by molar-refractivity contribution is 14.0. The van der Waals surface area contributed by atoms with Gasteiger partial charge in [-0.05, 0) is 30.5 Å². The van der Waals surface area contributed by atoms with E-state index in [1.807, 2.05) is 24.3 Å². The molecular formula is C24H31IN4O2. The Kier molecular flexibility index (Phi) is 8.71. The Morgan fingerprint density at radius 1 is 1.13 bits per heavy atom. The van der Waals surface area contributed by atoms with Gasteiger partial charge in [-0.25, -0.2) is 0 Å². The van der Waals surface area contributed by atoms with Gasteiger partial charge in [-0.2, -0.15) is 0 Å². The van der Waals surface area contributed by atoms with E-state index in [1.165, 1.54) is 11.1 Å². The maximum Gasteiger partial charge on any atom is 0.225 e. The van der Waals surface area contributed by atoms with E-state index in [0.29, 0.717) is 25.4 Å². The molecule has 6 nitrogen and oxygen atoms in total. The van der Waals surface area contributed by atoms with Gasteiger partial charge in [0.05, 0.1) is 6.10 Å². The third-order valence-corrected chi connectivity index (χ3v) is 5.79. The van der Waals surface area contributed by atoms with Crippen molar-refractivity contribution in [2.75, 3.05) is 31.6 Å². The van der Waals surface area contributed by atoms with Crippen LogP contribution in [0.15, 0.2) is 59.6 Å². The Hall–Kier alpha value is -2.13. The topological polar surface area (TPSA) is 74.8 Å². The smallest absolute Gasteiger partial charge is 0.225 e. The average molecular weight is 534 g/mol. The van der Waals surface area contributed by atoms with Gasteiger partial charge in [-0.3, -0.25) is 9.79 Å². The minimum Gasteiger partial charge on any atom is -0.373 e. The minimum atomic E-state index is 0. The molecule has 2 heterocycles. The molecule has 31 heavy (non-hydrogen) atoms. The van der Waals surface area contributed by atoms with Gasteiger partial charge in [0, 0.05) is 50.2 Å². The summed E-state index contributed by atoms with van der Waals surface area (Å²) in [6.07, 6.45) is 1.60. The van der Waals surface area contributed by atoms with Gasteiger partial charge in [0.15, 0.2) is 5.96 Å². The van der Waals surface area contributed by atoms with Gasteiger partial charge >= 0.3 is 0 Å². The van der Waals surface area contributed by atoms with Gasteiger partial charge in [0.1, 0.15) is 0 Å². The minimum absolute atomic E-state index is 0. The Bertz CT molecular complexity index is 890. The third-order valence-electron chi connectivity index (χ3n) is 5.79. The van der Waals surface area contributed by atoms with E-state index in [4.69, 9.17) is 9.73 Å². The molecule has 1 amide bonds. The van der Waals surface area contributed by atoms with Crippen molar-refractivity contribution < 1.29 is 9.53 Å². The Morgan fingerprint density at radius 3 is 2.71 bits per heavy atom. The van der Waals surface area contributed by atoms with E-state index in [9.17, 15) is 4.79 Å². The second kappa shape index (κ2) is 11.5. The number of amides is 1. The van der Waals surface area contributed by atoms with Crippen LogP contribution in [-0.2, 0) is 9.53 Å². The first-order valence-corrected chi connectivity index (χ1v) is 10.8. The van der Waals surface area contributed by atoms with Crippen LogP contribution in [0.4, 0.5) is 5.69 Å². The van der Waals surface area contributed by atoms with Gasteiger partial charge in [-0.15, -0.1) is 24.0 Å². The molecule has 1 fully saturated rings. The number of carbonyl (C=O) groups is 1. The summed E-state index contributed by atoms with van der Waals surface area (Å²) in [5.74, 6) is 1.35. The molecule has 0 bridgehead atoms. The first kappa shape index (κ1) is 23.5. The van der Waals surface area contributed by atoms with Crippen LogP contribution in [0, 0.1) is 5.92 Å². The van der Waals surface area contributed by atoms with Crippen LogP contribution in [0.5, 0.6) is 0 Å². The number of aliphatic imine (C=N–C) groups is 1. The fraction of sp³-hybridized carbons (Fsp3) is 0.417. The number of ether oxygens (including phenoxy) is 1. The van der Waals surface area contributed by atoms with E-state index in [1.54, 1.807) is 0 Å². The molecule has 0 saturated carbocycles. The summed E-state index contributed by atoms with van der Waals surface area (Å²) in [7, 11) is 0. The Morgan fingerprint density at radius 2 is 1.90 bits per heavy atom. The molecule has 166 valence electrons. The molecule has 2 aromatic rings. The quantitative estimate of drug-likeness (QED) is 0.297. The first-order chi connectivity index (χ1) is 14.7. The fourth-order valence-electron chi connectivity index (χ4n) is 4.29. The molecule has 1 saturated heterocycles. The van der Waals surface area contributed by atoms with Gasteiger partial charge in [0.2, 0.25) is 5.91 Å². The number of rotatable bonds is 6. The van der Waals surface area contributed by atoms with Crippen molar-refractivity contribution >= 4 is 41.5 Å². The SMILES string of the molecule is CCNC(=NCC1CCOC1c1ccccc1)NCC1CC(=O)Nc2ccccc21.I. The monoisotopic (exact) mass is 534 g/mol. The number of hydrogen-bond donors (Lipinski definition) is 3. The number of nitrogens with one attached hydrogen (secondary N) is 3. The lowest BCUT2D eigenvalue weighted by Crippen LogP contribution is -2.41. The van der Waals surface area contributed by atoms with Crippen LogP contribution in [0.1, 0.15) is 42.9 Å². The summed E-state index contributed by atoms with van der Waals surface area (Å²) in [5, 5.41) is 9.74. The number of carbonyl (C=O) groups excluding carboxylic acids is 1. The number of anilines is 1. The summed E-state index contributed by atoms with van der Waals surface area (Å²) < 4.78 is 6.00. The lowest BCUT2D eigenvalue weighted by molar-refractivity contribution is -0.116. The van der Waals surface area contributed by atoms with Crippen molar-refractivity contribution in [1.82, 2.24) is 10.6 Å². The molecule has 2 aliphatic heterocycles. The van der Waals surface area contributed by atoms with Crippen molar-refractivity contribution in [2.24, 2.45) is 10.9 Å². The molecule has 0 aromatic heterocycles. The van der Waals surface area contributed by atoms with Crippen LogP contribution >= 0.6 is 24.0 Å². The van der Waals surface area contributed by atoms with Gasteiger partial charge < -0.3 is 20.7 Å². The van der Waals surface area contributed by atoms with E-state index in [0.717, 1.165) is 31.2 Å². The van der Waals surface area contributed by atoms with Crippen molar-refractivity contribution in [2.45, 2.75) is 31.8 Å². The zero-order valence-corrected chi connectivity index (χ0v) is 20.2. The summed E-state index contributed by atoms with van der Waals surface area (Å²) in [6.45, 7) is 5.00. The van der Waals surface area contributed by atoms with Crippen molar-refractivity contribution in [3.63, 3.8) is 0 Å². The number of halogens is 1. The lowest BCUT2D eigenvalue weighted by Gasteiger charge is -2.26. The van der Waals surface area contributed by atoms with Gasteiger partial charge in [-0.1, -0.05) is 48.5 Å². The van der Waals surface area contributed by atoms with E-state index >= 15 is 0 Å². The van der Waals surface area contributed by atoms with E-state index < -0.39 is 0 Å². The summed E-state index contributed by atoms with van der Waals surface area (Å²) in [6, 6.07) is 18.4. The van der Waals surface area contributed by atoms with Crippen LogP contribution in [0.2, 0.25) is 0 Å². The number of benzene rings is 2. The van der Waals surface area contributed by atoms with Crippen molar-refractivity contribution in [3.8, 4) is 0 Å². The van der Waals surface area contributed by atoms with E-state index in [2.05, 4.69) is 53.2 Å². The standard InChI is InChI=1S/C24H30N4O2.HI/c1-2-25-24(26-15-18-12-13-30-23(18)17-8-4-3-5-9-17)27-16-19-14-22(29)28-21-11-7-6-10-20(19)21;/h3-11,18-19,23H,2,12-16H2,1H3,(H,28,29)(H2,25,26,27);1H. The summed E-state index contributed by atoms with van der Waals surface area (Å²) in [5.41, 5.74) is 3.31. The maximum absolute atomic E-state index is 12.1. The molecule has 7 heteroatoms. The molecule has 0 radical (unpaired) electrons. The molecule has 3 atom stereocenters. The Labute approximate surface area is 201 Å². The average Bonchev–Trinajstić information content (AvgIpc) is 3.24. The summed E-state index contributed by atoms with van der Waals surface area (Å²) >= 11 is 0. The molecule has 2 aromatic carbocycles. The highest BCUT2D eigenvalue weighted by atomic mass is 127. The molecule has 2 aliphatic rings. The molecule has 3 unspecified atom stereocenters. The molecular weight excluding hydrogens is 503 g/mol. The fourth-order valence-corrected chi connectivity index (χ4v) is 4.29. The third kappa shape index (κ3) is 5.98. The molecule has 3 N–H and O–H groups in total. The molecule has 0 spiro atoms. The van der Waals surface area contributed by atoms with Crippen molar-refractivity contribution in [1.29, 1.82) is 0 Å².